The van der Waals surface area contributed by atoms with Crippen molar-refractivity contribution < 1.29 is 4.79 Å². The normalized spacial score (nSPS) is 10.4. The minimum Gasteiger partial charge on any atom is -0.354 e. The number of rotatable bonds is 6. The van der Waals surface area contributed by atoms with Crippen LogP contribution in [0.25, 0.3) is 0 Å². The third-order valence-electron chi connectivity index (χ3n) is 2.94. The van der Waals surface area contributed by atoms with Crippen LogP contribution in [0.1, 0.15) is 11.1 Å². The quantitative estimate of drug-likeness (QED) is 0.801. The Morgan fingerprint density at radius 3 is 2.79 bits per heavy atom. The third-order valence-corrected chi connectivity index (χ3v) is 2.94. The molecule has 0 saturated carbocycles. The Kier molecular flexibility index (Phi) is 4.69. The molecule has 0 unspecified atom stereocenters. The fourth-order valence-corrected chi connectivity index (χ4v) is 1.91. The summed E-state index contributed by atoms with van der Waals surface area (Å²) in [6.45, 7) is 1.78. The number of aromatic nitrogens is 2. The van der Waals surface area contributed by atoms with E-state index in [4.69, 9.17) is 5.73 Å². The molecule has 1 aromatic carbocycles. The van der Waals surface area contributed by atoms with E-state index in [-0.39, 0.29) is 5.91 Å². The monoisotopic (exact) mass is 258 g/mol. The Labute approximate surface area is 112 Å². The molecule has 0 radical (unpaired) electrons. The van der Waals surface area contributed by atoms with Crippen LogP contribution in [0, 0.1) is 0 Å². The summed E-state index contributed by atoms with van der Waals surface area (Å²) in [6.07, 6.45) is 5.70. The molecule has 0 aliphatic heterocycles. The van der Waals surface area contributed by atoms with Gasteiger partial charge in [-0.1, -0.05) is 24.3 Å². The van der Waals surface area contributed by atoms with Crippen LogP contribution in [0.4, 0.5) is 0 Å². The summed E-state index contributed by atoms with van der Waals surface area (Å²) in [6, 6.07) is 7.75. The number of carbonyl (C=O) groups is 1. The van der Waals surface area contributed by atoms with Crippen molar-refractivity contribution in [2.45, 2.75) is 19.5 Å². The van der Waals surface area contributed by atoms with Crippen molar-refractivity contribution in [1.82, 2.24) is 14.9 Å². The Morgan fingerprint density at radius 2 is 2.11 bits per heavy atom. The summed E-state index contributed by atoms with van der Waals surface area (Å²) in [5.41, 5.74) is 7.66. The fraction of sp³-hybridized carbons (Fsp3) is 0.286. The molecule has 0 saturated heterocycles. The number of benzene rings is 1. The molecule has 2 rings (SSSR count). The first-order valence-electron chi connectivity index (χ1n) is 6.29. The number of hydrogen-bond donors (Lipinski definition) is 2. The average molecular weight is 258 g/mol. The summed E-state index contributed by atoms with van der Waals surface area (Å²) in [5, 5.41) is 2.89. The van der Waals surface area contributed by atoms with Gasteiger partial charge < -0.3 is 15.6 Å². The first-order chi connectivity index (χ1) is 9.29. The number of nitrogens with two attached hydrogens (primary N) is 1. The molecule has 19 heavy (non-hydrogen) atoms. The lowest BCUT2D eigenvalue weighted by Crippen LogP contribution is -2.28. The lowest BCUT2D eigenvalue weighted by atomic mass is 10.0. The van der Waals surface area contributed by atoms with Crippen molar-refractivity contribution >= 4 is 5.91 Å². The summed E-state index contributed by atoms with van der Waals surface area (Å²) in [4.78, 5) is 15.8. The smallest absolute Gasteiger partial charge is 0.224 e. The van der Waals surface area contributed by atoms with Crippen LogP contribution >= 0.6 is 0 Å². The molecular formula is C14H18N4O. The summed E-state index contributed by atoms with van der Waals surface area (Å²) in [5.74, 6) is 0.0148. The van der Waals surface area contributed by atoms with Crippen molar-refractivity contribution in [2.24, 2.45) is 5.73 Å². The molecule has 1 aromatic heterocycles. The molecule has 100 valence electrons. The van der Waals surface area contributed by atoms with Crippen LogP contribution in [0.2, 0.25) is 0 Å². The van der Waals surface area contributed by atoms with E-state index in [1.807, 2.05) is 35.0 Å². The molecule has 0 atom stereocenters. The Bertz CT molecular complexity index is 522. The molecular weight excluding hydrogens is 240 g/mol. The van der Waals surface area contributed by atoms with Gasteiger partial charge in [-0.3, -0.25) is 4.79 Å². The van der Waals surface area contributed by atoms with Crippen molar-refractivity contribution in [1.29, 1.82) is 0 Å². The summed E-state index contributed by atoms with van der Waals surface area (Å²) >= 11 is 0. The number of hydrogen-bond acceptors (Lipinski definition) is 3. The number of nitrogens with zero attached hydrogens (tertiary/aromatic N) is 2. The zero-order valence-corrected chi connectivity index (χ0v) is 10.7. The van der Waals surface area contributed by atoms with Gasteiger partial charge >= 0.3 is 0 Å². The molecule has 0 fully saturated rings. The van der Waals surface area contributed by atoms with Crippen molar-refractivity contribution in [3.63, 3.8) is 0 Å². The molecule has 3 N–H and O–H groups in total. The average Bonchev–Trinajstić information content (AvgIpc) is 2.92. The van der Waals surface area contributed by atoms with Gasteiger partial charge in [0.25, 0.3) is 0 Å². The van der Waals surface area contributed by atoms with Gasteiger partial charge in [0.05, 0.1) is 12.7 Å². The first-order valence-corrected chi connectivity index (χ1v) is 6.29. The van der Waals surface area contributed by atoms with Crippen molar-refractivity contribution in [3.05, 3.63) is 54.1 Å². The van der Waals surface area contributed by atoms with Crippen LogP contribution in [-0.2, 0) is 24.3 Å². The predicted molar refractivity (Wildman–Crippen MR) is 73.3 cm³/mol. The van der Waals surface area contributed by atoms with E-state index in [2.05, 4.69) is 10.3 Å². The summed E-state index contributed by atoms with van der Waals surface area (Å²) < 4.78 is 1.92. The molecule has 0 aliphatic carbocycles. The lowest BCUT2D eigenvalue weighted by Gasteiger charge is -2.08. The second-order valence-electron chi connectivity index (χ2n) is 4.30. The maximum absolute atomic E-state index is 11.8. The van der Waals surface area contributed by atoms with Gasteiger partial charge in [0, 0.05) is 32.0 Å². The van der Waals surface area contributed by atoms with E-state index >= 15 is 0 Å². The maximum atomic E-state index is 11.8. The van der Waals surface area contributed by atoms with Gasteiger partial charge in [-0.15, -0.1) is 0 Å². The van der Waals surface area contributed by atoms with Gasteiger partial charge in [0.2, 0.25) is 5.91 Å². The number of amides is 1. The van der Waals surface area contributed by atoms with Crippen molar-refractivity contribution in [3.8, 4) is 0 Å². The van der Waals surface area contributed by atoms with Crippen LogP contribution in [0.5, 0.6) is 0 Å². The molecule has 0 aliphatic rings. The zero-order valence-electron chi connectivity index (χ0n) is 10.7. The van der Waals surface area contributed by atoms with Crippen LogP contribution in [-0.4, -0.2) is 22.0 Å². The molecule has 5 nitrogen and oxygen atoms in total. The second kappa shape index (κ2) is 6.70. The van der Waals surface area contributed by atoms with E-state index in [9.17, 15) is 4.79 Å². The predicted octanol–water partition coefficient (Wildman–Crippen LogP) is 0.701. The first kappa shape index (κ1) is 13.3. The van der Waals surface area contributed by atoms with E-state index in [0.717, 1.165) is 17.7 Å². The molecule has 0 spiro atoms. The molecule has 1 amide bonds. The van der Waals surface area contributed by atoms with Gasteiger partial charge in [-0.05, 0) is 11.1 Å². The minimum atomic E-state index is 0.0148. The van der Waals surface area contributed by atoms with Crippen LogP contribution < -0.4 is 11.1 Å². The van der Waals surface area contributed by atoms with Crippen LogP contribution in [0.15, 0.2) is 43.0 Å². The number of imidazole rings is 1. The molecule has 1 heterocycles. The SMILES string of the molecule is NCc1ccccc1CC(=O)NCCn1ccnc1. The Hall–Kier alpha value is -2.14. The highest BCUT2D eigenvalue weighted by molar-refractivity contribution is 5.78. The largest absolute Gasteiger partial charge is 0.354 e. The van der Waals surface area contributed by atoms with E-state index in [1.54, 1.807) is 12.5 Å². The number of nitrogens with one attached hydrogen (secondary N) is 1. The highest BCUT2D eigenvalue weighted by Crippen LogP contribution is 2.08. The van der Waals surface area contributed by atoms with E-state index in [1.165, 1.54) is 0 Å². The molecule has 2 aromatic rings. The minimum absolute atomic E-state index is 0.0148. The molecule has 0 bridgehead atoms. The summed E-state index contributed by atoms with van der Waals surface area (Å²) in [7, 11) is 0. The zero-order chi connectivity index (χ0) is 13.5. The Balaban J connectivity index is 1.80. The topological polar surface area (TPSA) is 72.9 Å². The lowest BCUT2D eigenvalue weighted by molar-refractivity contribution is -0.120. The van der Waals surface area contributed by atoms with Crippen molar-refractivity contribution in [2.75, 3.05) is 6.54 Å². The van der Waals surface area contributed by atoms with E-state index in [0.29, 0.717) is 19.5 Å². The Morgan fingerprint density at radius 1 is 1.32 bits per heavy atom. The highest BCUT2D eigenvalue weighted by Gasteiger charge is 2.06. The van der Waals surface area contributed by atoms with E-state index < -0.39 is 0 Å². The van der Waals surface area contributed by atoms with Gasteiger partial charge in [-0.2, -0.15) is 0 Å². The van der Waals surface area contributed by atoms with Gasteiger partial charge in [-0.25, -0.2) is 4.98 Å². The standard InChI is InChI=1S/C14H18N4O/c15-10-13-4-2-1-3-12(13)9-14(19)17-6-8-18-7-5-16-11-18/h1-5,7,11H,6,8-10,15H2,(H,17,19). The third kappa shape index (κ3) is 3.93. The molecule has 5 heteroatoms. The highest BCUT2D eigenvalue weighted by atomic mass is 16.1. The maximum Gasteiger partial charge on any atom is 0.224 e. The second-order valence-corrected chi connectivity index (χ2v) is 4.30. The van der Waals surface area contributed by atoms with Gasteiger partial charge in [0.15, 0.2) is 0 Å². The van der Waals surface area contributed by atoms with Crippen LogP contribution in [0.3, 0.4) is 0 Å². The van der Waals surface area contributed by atoms with Gasteiger partial charge in [0.1, 0.15) is 0 Å². The fourth-order valence-electron chi connectivity index (χ4n) is 1.91. The number of carbonyl (C=O) groups excluding carboxylic acids is 1.